The average Bonchev–Trinajstić information content (AvgIpc) is 2.73. The van der Waals surface area contributed by atoms with Gasteiger partial charge in [-0.1, -0.05) is 6.07 Å². The zero-order chi connectivity index (χ0) is 13.2. The quantitative estimate of drug-likeness (QED) is 0.846. The van der Waals surface area contributed by atoms with Crippen LogP contribution in [0.3, 0.4) is 0 Å². The van der Waals surface area contributed by atoms with Gasteiger partial charge in [0.2, 0.25) is 10.0 Å². The van der Waals surface area contributed by atoms with Crippen LogP contribution in [0, 0.1) is 0 Å². The molecule has 5 nitrogen and oxygen atoms in total. The number of benzene rings is 1. The van der Waals surface area contributed by atoms with Crippen LogP contribution in [0.5, 0.6) is 0 Å². The average molecular weight is 269 g/mol. The number of aryl methyl sites for hydroxylation is 2. The summed E-state index contributed by atoms with van der Waals surface area (Å²) in [6.07, 6.45) is 2.73. The molecule has 1 aromatic rings. The van der Waals surface area contributed by atoms with Gasteiger partial charge < -0.3 is 5.11 Å². The lowest BCUT2D eigenvalue weighted by Gasteiger charge is -2.08. The van der Waals surface area contributed by atoms with Crippen LogP contribution < -0.4 is 4.72 Å². The summed E-state index contributed by atoms with van der Waals surface area (Å²) in [5.74, 6) is -1.52. The van der Waals surface area contributed by atoms with E-state index in [0.717, 1.165) is 19.3 Å². The molecule has 0 aromatic heterocycles. The lowest BCUT2D eigenvalue weighted by molar-refractivity contribution is -0.136. The number of hydrogen-bond acceptors (Lipinski definition) is 3. The largest absolute Gasteiger partial charge is 0.481 e. The molecule has 1 aliphatic rings. The zero-order valence-electron chi connectivity index (χ0n) is 9.85. The third-order valence-electron chi connectivity index (χ3n) is 2.96. The van der Waals surface area contributed by atoms with Crippen molar-refractivity contribution in [2.24, 2.45) is 0 Å². The summed E-state index contributed by atoms with van der Waals surface area (Å²) < 4.78 is 25.7. The summed E-state index contributed by atoms with van der Waals surface area (Å²) >= 11 is 0. The van der Waals surface area contributed by atoms with Crippen LogP contribution in [0.1, 0.15) is 24.0 Å². The Kier molecular flexibility index (Phi) is 3.56. The number of carboxylic acid groups (broad SMARTS) is 1. The van der Waals surface area contributed by atoms with E-state index in [1.807, 2.05) is 12.1 Å². The molecule has 0 fully saturated rings. The van der Waals surface area contributed by atoms with E-state index in [-0.39, 0.29) is 6.42 Å². The number of hydrogen-bond donors (Lipinski definition) is 2. The fourth-order valence-corrected chi connectivity index (χ4v) is 3.12. The van der Waals surface area contributed by atoms with Crippen molar-refractivity contribution in [1.82, 2.24) is 0 Å². The van der Waals surface area contributed by atoms with Crippen molar-refractivity contribution < 1.29 is 18.3 Å². The second-order valence-corrected chi connectivity index (χ2v) is 6.24. The first-order valence-electron chi connectivity index (χ1n) is 5.80. The lowest BCUT2D eigenvalue weighted by Crippen LogP contribution is -2.19. The number of fused-ring (bicyclic) bond motifs is 1. The Balaban J connectivity index is 2.07. The topological polar surface area (TPSA) is 83.5 Å². The fraction of sp³-hybridized carbons (Fsp3) is 0.417. The smallest absolute Gasteiger partial charge is 0.304 e. The van der Waals surface area contributed by atoms with Gasteiger partial charge in [0, 0.05) is 5.69 Å². The third kappa shape index (κ3) is 3.22. The molecule has 6 heteroatoms. The number of sulfonamides is 1. The van der Waals surface area contributed by atoms with Crippen molar-refractivity contribution in [2.45, 2.75) is 25.7 Å². The van der Waals surface area contributed by atoms with Crippen molar-refractivity contribution in [3.63, 3.8) is 0 Å². The van der Waals surface area contributed by atoms with Crippen molar-refractivity contribution >= 4 is 21.7 Å². The minimum Gasteiger partial charge on any atom is -0.481 e. The van der Waals surface area contributed by atoms with Crippen LogP contribution in [-0.4, -0.2) is 25.2 Å². The van der Waals surface area contributed by atoms with Gasteiger partial charge in [-0.15, -0.1) is 0 Å². The molecular formula is C12H15NO4S. The van der Waals surface area contributed by atoms with Crippen LogP contribution in [0.25, 0.3) is 0 Å². The zero-order valence-corrected chi connectivity index (χ0v) is 10.7. The van der Waals surface area contributed by atoms with Crippen LogP contribution in [0.2, 0.25) is 0 Å². The molecule has 0 bridgehead atoms. The number of carbonyl (C=O) groups is 1. The summed E-state index contributed by atoms with van der Waals surface area (Å²) in [5.41, 5.74) is 2.96. The standard InChI is InChI=1S/C12H15NO4S/c14-12(15)6-7-18(16,17)13-11-5-4-9-2-1-3-10(9)8-11/h4-5,8,13H,1-3,6-7H2,(H,14,15). The Labute approximate surface area is 106 Å². The molecule has 18 heavy (non-hydrogen) atoms. The first kappa shape index (κ1) is 12.9. The van der Waals surface area contributed by atoms with E-state index in [9.17, 15) is 13.2 Å². The number of aliphatic carboxylic acids is 1. The molecular weight excluding hydrogens is 254 g/mol. The summed E-state index contributed by atoms with van der Waals surface area (Å²) in [4.78, 5) is 10.4. The normalized spacial score (nSPS) is 14.2. The van der Waals surface area contributed by atoms with Gasteiger partial charge in [0.25, 0.3) is 0 Å². The molecule has 0 heterocycles. The Morgan fingerprint density at radius 3 is 2.72 bits per heavy atom. The molecule has 2 N–H and O–H groups in total. The monoisotopic (exact) mass is 269 g/mol. The molecule has 1 aliphatic carbocycles. The number of rotatable bonds is 5. The molecule has 0 saturated carbocycles. The minimum absolute atomic E-state index is 0.389. The highest BCUT2D eigenvalue weighted by atomic mass is 32.2. The van der Waals surface area contributed by atoms with Gasteiger partial charge in [0.15, 0.2) is 0 Å². The lowest BCUT2D eigenvalue weighted by atomic mass is 10.1. The Bertz CT molecular complexity index is 565. The Morgan fingerprint density at radius 2 is 2.00 bits per heavy atom. The van der Waals surface area contributed by atoms with Crippen molar-refractivity contribution in [3.8, 4) is 0 Å². The molecule has 2 rings (SSSR count). The van der Waals surface area contributed by atoms with Gasteiger partial charge in [-0.25, -0.2) is 8.42 Å². The second kappa shape index (κ2) is 4.97. The molecule has 98 valence electrons. The van der Waals surface area contributed by atoms with E-state index in [1.54, 1.807) is 6.07 Å². The maximum Gasteiger partial charge on any atom is 0.304 e. The molecule has 0 spiro atoms. The van der Waals surface area contributed by atoms with Gasteiger partial charge in [-0.3, -0.25) is 9.52 Å². The van der Waals surface area contributed by atoms with Crippen LogP contribution in [0.15, 0.2) is 18.2 Å². The summed E-state index contributed by atoms with van der Waals surface area (Å²) in [5, 5.41) is 8.48. The number of anilines is 1. The maximum atomic E-state index is 11.6. The van der Waals surface area contributed by atoms with Gasteiger partial charge in [0.05, 0.1) is 12.2 Å². The molecule has 0 unspecified atom stereocenters. The number of nitrogens with one attached hydrogen (secondary N) is 1. The summed E-state index contributed by atoms with van der Waals surface area (Å²) in [6.45, 7) is 0. The first-order valence-corrected chi connectivity index (χ1v) is 7.45. The van der Waals surface area contributed by atoms with Gasteiger partial charge in [0.1, 0.15) is 0 Å². The van der Waals surface area contributed by atoms with Crippen molar-refractivity contribution in [2.75, 3.05) is 10.5 Å². The van der Waals surface area contributed by atoms with E-state index in [0.29, 0.717) is 5.69 Å². The van der Waals surface area contributed by atoms with E-state index >= 15 is 0 Å². The minimum atomic E-state index is -3.58. The van der Waals surface area contributed by atoms with E-state index < -0.39 is 21.7 Å². The van der Waals surface area contributed by atoms with Crippen LogP contribution in [0.4, 0.5) is 5.69 Å². The summed E-state index contributed by atoms with van der Waals surface area (Å²) in [6, 6.07) is 5.49. The van der Waals surface area contributed by atoms with Crippen LogP contribution >= 0.6 is 0 Å². The predicted molar refractivity (Wildman–Crippen MR) is 68.1 cm³/mol. The summed E-state index contributed by atoms with van der Waals surface area (Å²) in [7, 11) is -3.58. The molecule has 0 atom stereocenters. The van der Waals surface area contributed by atoms with E-state index in [2.05, 4.69) is 4.72 Å². The molecule has 1 aromatic carbocycles. The molecule has 0 saturated heterocycles. The highest BCUT2D eigenvalue weighted by Gasteiger charge is 2.15. The number of carboxylic acids is 1. The van der Waals surface area contributed by atoms with Crippen LogP contribution in [-0.2, 0) is 27.7 Å². The second-order valence-electron chi connectivity index (χ2n) is 4.40. The highest BCUT2D eigenvalue weighted by Crippen LogP contribution is 2.25. The first-order chi connectivity index (χ1) is 8.46. The van der Waals surface area contributed by atoms with E-state index in [1.165, 1.54) is 11.1 Å². The predicted octanol–water partition coefficient (Wildman–Crippen LogP) is 1.39. The molecule has 0 radical (unpaired) electrons. The molecule has 0 amide bonds. The third-order valence-corrected chi connectivity index (χ3v) is 4.24. The fourth-order valence-electron chi connectivity index (χ4n) is 2.09. The van der Waals surface area contributed by atoms with Gasteiger partial charge >= 0.3 is 5.97 Å². The molecule has 0 aliphatic heterocycles. The SMILES string of the molecule is O=C(O)CCS(=O)(=O)Nc1ccc2c(c1)CCC2. The maximum absolute atomic E-state index is 11.6. The Hall–Kier alpha value is -1.56. The van der Waals surface area contributed by atoms with Crippen molar-refractivity contribution in [1.29, 1.82) is 0 Å². The Morgan fingerprint density at radius 1 is 1.28 bits per heavy atom. The highest BCUT2D eigenvalue weighted by molar-refractivity contribution is 7.92. The van der Waals surface area contributed by atoms with Gasteiger partial charge in [-0.05, 0) is 42.5 Å². The van der Waals surface area contributed by atoms with Gasteiger partial charge in [-0.2, -0.15) is 0 Å². The van der Waals surface area contributed by atoms with Crippen molar-refractivity contribution in [3.05, 3.63) is 29.3 Å². The van der Waals surface area contributed by atoms with E-state index in [4.69, 9.17) is 5.11 Å².